The number of nitrogens with zero attached hydrogens (tertiary/aromatic N) is 3. The Hall–Kier alpha value is -3.83. The molecular weight excluding hydrogens is 494 g/mol. The van der Waals surface area contributed by atoms with Gasteiger partial charge in [-0.05, 0) is 62.4 Å². The van der Waals surface area contributed by atoms with E-state index in [0.29, 0.717) is 10.6 Å². The van der Waals surface area contributed by atoms with Gasteiger partial charge < -0.3 is 10.0 Å². The molecule has 12 heteroatoms. The van der Waals surface area contributed by atoms with E-state index in [0.717, 1.165) is 24.8 Å². The van der Waals surface area contributed by atoms with Crippen molar-refractivity contribution in [3.8, 4) is 5.75 Å². The van der Waals surface area contributed by atoms with E-state index in [1.807, 2.05) is 19.9 Å². The Morgan fingerprint density at radius 3 is 2.37 bits per heavy atom. The molecule has 0 bridgehead atoms. The van der Waals surface area contributed by atoms with Crippen molar-refractivity contribution in [1.82, 2.24) is 0 Å². The zero-order chi connectivity index (χ0) is 25.6. The first kappa shape index (κ1) is 25.8. The predicted octanol–water partition coefficient (Wildman–Crippen LogP) is 5.05. The maximum absolute atomic E-state index is 12.7. The molecule has 35 heavy (non-hydrogen) atoms. The molecule has 0 heterocycles. The van der Waals surface area contributed by atoms with Crippen LogP contribution in [0.5, 0.6) is 5.75 Å². The second-order valence-electron chi connectivity index (χ2n) is 7.33. The third-order valence-electron chi connectivity index (χ3n) is 5.10. The van der Waals surface area contributed by atoms with Crippen LogP contribution in [0.2, 0.25) is 5.02 Å². The molecule has 0 aliphatic rings. The fourth-order valence-corrected chi connectivity index (χ4v) is 4.46. The Morgan fingerprint density at radius 2 is 1.77 bits per heavy atom. The van der Waals surface area contributed by atoms with Gasteiger partial charge in [0.2, 0.25) is 0 Å². The topological polar surface area (TPSA) is 137 Å². The summed E-state index contributed by atoms with van der Waals surface area (Å²) in [4.78, 5) is 12.6. The van der Waals surface area contributed by atoms with E-state index in [2.05, 4.69) is 20.1 Å². The van der Waals surface area contributed by atoms with Crippen molar-refractivity contribution in [1.29, 1.82) is 0 Å². The first-order chi connectivity index (χ1) is 16.6. The first-order valence-electron chi connectivity index (χ1n) is 10.6. The summed E-state index contributed by atoms with van der Waals surface area (Å²) in [5.41, 5.74) is 3.56. The lowest BCUT2D eigenvalue weighted by molar-refractivity contribution is -0.384. The molecule has 0 radical (unpaired) electrons. The third-order valence-corrected chi connectivity index (χ3v) is 6.73. The molecule has 3 aromatic rings. The molecular formula is C23H24ClN5O5S. The predicted molar refractivity (Wildman–Crippen MR) is 138 cm³/mol. The summed E-state index contributed by atoms with van der Waals surface area (Å²) in [6, 6.07) is 14.5. The Kier molecular flexibility index (Phi) is 8.15. The van der Waals surface area contributed by atoms with Crippen molar-refractivity contribution in [3.63, 3.8) is 0 Å². The summed E-state index contributed by atoms with van der Waals surface area (Å²) < 4.78 is 27.7. The van der Waals surface area contributed by atoms with Crippen LogP contribution in [0.15, 0.2) is 70.7 Å². The minimum atomic E-state index is -4.08. The summed E-state index contributed by atoms with van der Waals surface area (Å²) in [7, 11) is -4.08. The maximum atomic E-state index is 12.7. The standard InChI is InChI=1S/C23H24ClN5O5S/c1-3-28(4-2)19-10-5-16(23(30)13-19)15-25-26-21-12-11-20(14-22(21)29(31)32)35(33,34)27-18-8-6-17(24)7-9-18/h5-15,26-27,30H,3-4H2,1-2H3/b25-15-. The van der Waals surface area contributed by atoms with Gasteiger partial charge in [0.05, 0.1) is 16.0 Å². The molecule has 3 N–H and O–H groups in total. The van der Waals surface area contributed by atoms with Crippen LogP contribution < -0.4 is 15.0 Å². The molecule has 0 aromatic heterocycles. The van der Waals surface area contributed by atoms with Gasteiger partial charge in [0.25, 0.3) is 15.7 Å². The number of sulfonamides is 1. The maximum Gasteiger partial charge on any atom is 0.295 e. The summed E-state index contributed by atoms with van der Waals surface area (Å²) in [5, 5.41) is 26.3. The number of nitro benzene ring substituents is 1. The second kappa shape index (κ2) is 11.1. The average molecular weight is 518 g/mol. The molecule has 0 fully saturated rings. The fraction of sp³-hybridized carbons (Fsp3) is 0.174. The van der Waals surface area contributed by atoms with E-state index in [-0.39, 0.29) is 22.0 Å². The minimum Gasteiger partial charge on any atom is -0.507 e. The zero-order valence-corrected chi connectivity index (χ0v) is 20.5. The number of halogens is 1. The Labute approximate surface area is 208 Å². The van der Waals surface area contributed by atoms with Gasteiger partial charge in [-0.25, -0.2) is 8.42 Å². The third kappa shape index (κ3) is 6.40. The number of phenols is 1. The van der Waals surface area contributed by atoms with Crippen molar-refractivity contribution >= 4 is 50.6 Å². The Balaban J connectivity index is 1.80. The lowest BCUT2D eigenvalue weighted by Gasteiger charge is -2.21. The SMILES string of the molecule is CCN(CC)c1ccc(/C=N\Nc2ccc(S(=O)(=O)Nc3ccc(Cl)cc3)cc2[N+](=O)[O-])c(O)c1. The van der Waals surface area contributed by atoms with E-state index in [4.69, 9.17) is 11.6 Å². The quantitative estimate of drug-likeness (QED) is 0.194. The average Bonchev–Trinajstić information content (AvgIpc) is 2.82. The molecule has 184 valence electrons. The number of benzene rings is 3. The van der Waals surface area contributed by atoms with Gasteiger partial charge in [-0.1, -0.05) is 11.6 Å². The smallest absolute Gasteiger partial charge is 0.295 e. The van der Waals surface area contributed by atoms with Crippen LogP contribution in [0.25, 0.3) is 0 Å². The van der Waals surface area contributed by atoms with Gasteiger partial charge in [-0.15, -0.1) is 0 Å². The van der Waals surface area contributed by atoms with Crippen LogP contribution >= 0.6 is 11.6 Å². The molecule has 0 atom stereocenters. The lowest BCUT2D eigenvalue weighted by atomic mass is 10.2. The minimum absolute atomic E-state index is 0.00386. The normalized spacial score (nSPS) is 11.4. The van der Waals surface area contributed by atoms with Gasteiger partial charge in [0, 0.05) is 47.2 Å². The van der Waals surface area contributed by atoms with E-state index < -0.39 is 20.6 Å². The number of nitro groups is 1. The highest BCUT2D eigenvalue weighted by atomic mass is 35.5. The highest BCUT2D eigenvalue weighted by molar-refractivity contribution is 7.92. The van der Waals surface area contributed by atoms with Crippen LogP contribution in [0.1, 0.15) is 19.4 Å². The van der Waals surface area contributed by atoms with E-state index in [1.54, 1.807) is 12.1 Å². The summed E-state index contributed by atoms with van der Waals surface area (Å²) in [6.45, 7) is 5.60. The van der Waals surface area contributed by atoms with Crippen molar-refractivity contribution < 1.29 is 18.4 Å². The molecule has 3 rings (SSSR count). The number of phenolic OH excluding ortho intramolecular Hbond substituents is 1. The number of anilines is 3. The summed E-state index contributed by atoms with van der Waals surface area (Å²) in [5.74, 6) is 0.00386. The van der Waals surface area contributed by atoms with Crippen LogP contribution in [-0.2, 0) is 10.0 Å². The molecule has 0 saturated heterocycles. The molecule has 3 aromatic carbocycles. The van der Waals surface area contributed by atoms with Crippen LogP contribution in [0, 0.1) is 10.1 Å². The van der Waals surface area contributed by atoms with Crippen molar-refractivity contribution in [2.24, 2.45) is 5.10 Å². The van der Waals surface area contributed by atoms with Crippen molar-refractivity contribution in [3.05, 3.63) is 81.4 Å². The van der Waals surface area contributed by atoms with Crippen LogP contribution in [0.3, 0.4) is 0 Å². The van der Waals surface area contributed by atoms with Crippen molar-refractivity contribution in [2.75, 3.05) is 28.1 Å². The van der Waals surface area contributed by atoms with Gasteiger partial charge in [-0.3, -0.25) is 20.3 Å². The Bertz CT molecular complexity index is 1340. The summed E-state index contributed by atoms with van der Waals surface area (Å²) >= 11 is 5.81. The van der Waals surface area contributed by atoms with E-state index >= 15 is 0 Å². The van der Waals surface area contributed by atoms with Crippen LogP contribution in [-0.4, -0.2) is 37.8 Å². The number of hydrogen-bond donors (Lipinski definition) is 3. The molecule has 10 nitrogen and oxygen atoms in total. The molecule has 0 aliphatic heterocycles. The monoisotopic (exact) mass is 517 g/mol. The van der Waals surface area contributed by atoms with E-state index in [9.17, 15) is 23.6 Å². The number of aromatic hydroxyl groups is 1. The van der Waals surface area contributed by atoms with E-state index in [1.165, 1.54) is 42.6 Å². The number of hydrogen-bond acceptors (Lipinski definition) is 8. The molecule has 0 unspecified atom stereocenters. The Morgan fingerprint density at radius 1 is 1.09 bits per heavy atom. The highest BCUT2D eigenvalue weighted by Crippen LogP contribution is 2.29. The number of nitrogens with one attached hydrogen (secondary N) is 2. The zero-order valence-electron chi connectivity index (χ0n) is 19.0. The second-order valence-corrected chi connectivity index (χ2v) is 9.45. The number of rotatable bonds is 10. The van der Waals surface area contributed by atoms with Crippen LogP contribution in [0.4, 0.5) is 22.7 Å². The molecule has 0 saturated carbocycles. The molecule has 0 spiro atoms. The van der Waals surface area contributed by atoms with Gasteiger partial charge >= 0.3 is 0 Å². The van der Waals surface area contributed by atoms with Gasteiger partial charge in [-0.2, -0.15) is 5.10 Å². The fourth-order valence-electron chi connectivity index (χ4n) is 3.25. The van der Waals surface area contributed by atoms with Crippen molar-refractivity contribution in [2.45, 2.75) is 18.7 Å². The molecule has 0 amide bonds. The summed E-state index contributed by atoms with van der Waals surface area (Å²) in [6.07, 6.45) is 1.32. The number of hydrazone groups is 1. The highest BCUT2D eigenvalue weighted by Gasteiger charge is 2.21. The largest absolute Gasteiger partial charge is 0.507 e. The molecule has 0 aliphatic carbocycles. The van der Waals surface area contributed by atoms with Gasteiger partial charge in [0.15, 0.2) is 0 Å². The first-order valence-corrected chi connectivity index (χ1v) is 12.4. The lowest BCUT2D eigenvalue weighted by Crippen LogP contribution is -2.21. The van der Waals surface area contributed by atoms with Gasteiger partial charge in [0.1, 0.15) is 11.4 Å².